The molecule has 2 saturated heterocycles. The lowest BCUT2D eigenvalue weighted by molar-refractivity contribution is -0.124. The van der Waals surface area contributed by atoms with E-state index >= 15 is 0 Å². The number of aromatic carboxylic acids is 1. The van der Waals surface area contributed by atoms with Crippen LogP contribution >= 0.6 is 27.9 Å². The number of carbonyl (C=O) groups excluding carboxylic acids is 1. The number of phosphoric ester groups is 2. The third kappa shape index (κ3) is 19.5. The number of aliphatic hydroxyl groups is 1. The van der Waals surface area contributed by atoms with Crippen molar-refractivity contribution in [2.75, 3.05) is 77.7 Å². The van der Waals surface area contributed by atoms with E-state index < -0.39 is 114 Å². The van der Waals surface area contributed by atoms with E-state index in [4.69, 9.17) is 74.6 Å². The average Bonchev–Trinajstić information content (AvgIpc) is 1.51. The molecule has 0 saturated carbocycles. The second-order valence-electron chi connectivity index (χ2n) is 27.9. The van der Waals surface area contributed by atoms with Gasteiger partial charge in [-0.3, -0.25) is 36.8 Å². The number of amides is 1. The van der Waals surface area contributed by atoms with Crippen LogP contribution in [0.5, 0.6) is 23.0 Å². The molecular formula is C80H86N12O22P2S. The van der Waals surface area contributed by atoms with E-state index in [0.717, 1.165) is 4.57 Å². The summed E-state index contributed by atoms with van der Waals surface area (Å²) in [6.45, 7) is -1.79. The average molecular weight is 1660 g/mol. The van der Waals surface area contributed by atoms with Crippen molar-refractivity contribution in [2.45, 2.75) is 99.2 Å². The predicted molar refractivity (Wildman–Crippen MR) is 433 cm³/mol. The number of unbranched alkanes of at least 4 members (excludes halogenated alkanes) is 2. The molecule has 3 aliphatic heterocycles. The molecule has 117 heavy (non-hydrogen) atoms. The number of imidazole rings is 1. The Hall–Kier alpha value is -11.1. The van der Waals surface area contributed by atoms with Crippen LogP contribution in [-0.2, 0) is 58.3 Å². The molecule has 34 nitrogen and oxygen atoms in total. The molecule has 13 rings (SSSR count). The number of thiocarbonyl (C=S) groups is 1. The van der Waals surface area contributed by atoms with Crippen LogP contribution in [0.4, 0.5) is 17.3 Å². The quantitative estimate of drug-likeness (QED) is 0.00581. The number of aromatic nitrogens is 6. The largest absolute Gasteiger partial charge is 0.508 e. The van der Waals surface area contributed by atoms with E-state index in [1.165, 1.54) is 81.1 Å². The fourth-order valence-electron chi connectivity index (χ4n) is 14.2. The second-order valence-corrected chi connectivity index (χ2v) is 31.1. The number of fused-ring (bicyclic) bond motifs is 3. The molecule has 0 radical (unpaired) electrons. The van der Waals surface area contributed by atoms with Gasteiger partial charge in [0.15, 0.2) is 33.8 Å². The van der Waals surface area contributed by atoms with Gasteiger partial charge in [-0.1, -0.05) is 85.6 Å². The summed E-state index contributed by atoms with van der Waals surface area (Å²) >= 11 is 5.70. The van der Waals surface area contributed by atoms with Gasteiger partial charge in [0, 0.05) is 67.6 Å². The minimum atomic E-state index is -5.39. The first-order valence-electron chi connectivity index (χ1n) is 37.0. The van der Waals surface area contributed by atoms with Gasteiger partial charge in [-0.25, -0.2) is 33.7 Å². The summed E-state index contributed by atoms with van der Waals surface area (Å²) in [6, 6.07) is 42.7. The van der Waals surface area contributed by atoms with E-state index in [1.807, 2.05) is 54.6 Å². The van der Waals surface area contributed by atoms with Crippen molar-refractivity contribution in [2.24, 2.45) is 5.73 Å². The van der Waals surface area contributed by atoms with Crippen molar-refractivity contribution >= 4 is 84.3 Å². The number of nitrogens with one attached hydrogen (secondary N) is 3. The van der Waals surface area contributed by atoms with Gasteiger partial charge in [-0.15, -0.1) is 0 Å². The van der Waals surface area contributed by atoms with Gasteiger partial charge in [-0.05, 0) is 138 Å². The minimum absolute atomic E-state index is 0.0551. The zero-order valence-corrected chi connectivity index (χ0v) is 66.5. The number of hydrogen-bond donors (Lipinski definition) is 10. The third-order valence-electron chi connectivity index (χ3n) is 20.0. The fourth-order valence-corrected chi connectivity index (χ4v) is 16.4. The van der Waals surface area contributed by atoms with Crippen LogP contribution < -0.4 is 57.6 Å². The van der Waals surface area contributed by atoms with Crippen LogP contribution in [0.3, 0.4) is 0 Å². The van der Waals surface area contributed by atoms with Gasteiger partial charge in [0.1, 0.15) is 82.7 Å². The highest BCUT2D eigenvalue weighted by atomic mass is 32.1. The number of phenols is 1. The number of carboxylic acids is 1. The molecule has 6 aromatic carbocycles. The smallest absolute Gasteiger partial charge is 0.472 e. The maximum atomic E-state index is 14.8. The Bertz CT molecular complexity index is 5510. The molecule has 12 N–H and O–H groups in total. The number of anilines is 3. The number of hydrogen-bond acceptors (Lipinski definition) is 27. The number of rotatable bonds is 35. The first-order chi connectivity index (χ1) is 56.2. The van der Waals surface area contributed by atoms with Crippen LogP contribution in [0.25, 0.3) is 44.6 Å². The molecule has 3 unspecified atom stereocenters. The van der Waals surface area contributed by atoms with Gasteiger partial charge in [0.25, 0.3) is 0 Å². The van der Waals surface area contributed by atoms with Crippen molar-refractivity contribution in [3.05, 3.63) is 231 Å². The summed E-state index contributed by atoms with van der Waals surface area (Å²) in [7, 11) is -2.61. The van der Waals surface area contributed by atoms with Crippen molar-refractivity contribution in [1.29, 1.82) is 0 Å². The Morgan fingerprint density at radius 1 is 0.761 bits per heavy atom. The van der Waals surface area contributed by atoms with E-state index in [1.54, 1.807) is 91.8 Å². The van der Waals surface area contributed by atoms with Crippen molar-refractivity contribution < 1.29 is 94.8 Å². The molecule has 0 spiro atoms. The molecule has 9 aromatic rings. The monoisotopic (exact) mass is 1660 g/mol. The molecular weight excluding hydrogens is 1570 g/mol. The highest BCUT2D eigenvalue weighted by Gasteiger charge is 2.50. The van der Waals surface area contributed by atoms with Crippen LogP contribution in [0.2, 0.25) is 0 Å². The molecule has 1 amide bonds. The van der Waals surface area contributed by atoms with Gasteiger partial charge in [0.2, 0.25) is 5.91 Å². The number of aromatic hydroxyl groups is 1. The van der Waals surface area contributed by atoms with E-state index in [9.17, 15) is 53.4 Å². The summed E-state index contributed by atoms with van der Waals surface area (Å²) in [5, 5.41) is 42.7. The first kappa shape index (κ1) is 83.8. The number of nitrogen functional groups attached to an aromatic ring is 1. The molecule has 614 valence electrons. The maximum absolute atomic E-state index is 14.8. The van der Waals surface area contributed by atoms with Crippen molar-refractivity contribution in [3.8, 4) is 45.4 Å². The van der Waals surface area contributed by atoms with Gasteiger partial charge in [-0.2, -0.15) is 4.98 Å². The number of phenolic OH excluding ortho intramolecular Hbond substituents is 1. The number of carboxylic acid groups (broad SMARTS) is 1. The molecule has 11 atom stereocenters. The van der Waals surface area contributed by atoms with Gasteiger partial charge in [0.05, 0.1) is 71.2 Å². The number of nitrogens with zero attached hydrogens (tertiary/aromatic N) is 7. The fraction of sp³-hybridized carbons (Fsp3) is 0.312. The number of ether oxygens (including phenoxy) is 6. The molecule has 1 aliphatic carbocycles. The lowest BCUT2D eigenvalue weighted by Crippen LogP contribution is -2.53. The van der Waals surface area contributed by atoms with Crippen LogP contribution in [0.1, 0.15) is 77.2 Å². The molecule has 3 aromatic heterocycles. The number of nitrogens with two attached hydrogens (primary N) is 2. The second kappa shape index (κ2) is 36.6. The molecule has 37 heteroatoms. The topological polar surface area (TPSA) is 462 Å². The number of carbonyl (C=O) groups is 2. The third-order valence-corrected chi connectivity index (χ3v) is 22.3. The number of methoxy groups -OCH3 is 3. The van der Waals surface area contributed by atoms with Crippen LogP contribution in [-0.4, -0.2) is 176 Å². The number of aliphatic hydroxyl groups excluding tert-OH is 1. The summed E-state index contributed by atoms with van der Waals surface area (Å²) < 4.78 is 97.6. The summed E-state index contributed by atoms with van der Waals surface area (Å²) in [5.41, 5.74) is 14.6. The Balaban J connectivity index is 0.727. The Morgan fingerprint density at radius 2 is 1.43 bits per heavy atom. The van der Waals surface area contributed by atoms with E-state index in [2.05, 4.69) is 35.9 Å². The van der Waals surface area contributed by atoms with Crippen LogP contribution in [0, 0.1) is 0 Å². The number of benzene rings is 7. The summed E-state index contributed by atoms with van der Waals surface area (Å²) in [4.78, 5) is 95.4. The minimum Gasteiger partial charge on any atom is -0.508 e. The highest BCUT2D eigenvalue weighted by Crippen LogP contribution is 2.52. The molecule has 4 aliphatic rings. The molecule has 2 fully saturated rings. The van der Waals surface area contributed by atoms with Crippen LogP contribution in [0.15, 0.2) is 197 Å². The lowest BCUT2D eigenvalue weighted by Gasteiger charge is -2.37. The molecule has 6 heterocycles. The summed E-state index contributed by atoms with van der Waals surface area (Å²) in [5.74, 6) is 0.108. The Labute approximate surface area is 674 Å². The van der Waals surface area contributed by atoms with E-state index in [0.29, 0.717) is 104 Å². The zero-order valence-electron chi connectivity index (χ0n) is 63.9. The SMILES string of the molecule is COc1ccc(C[C@H](N)C(=O)N[C@H]2[C@@H](O)[C@H](n3cnc4c(N(C)C)ncnc43)O[C@@H]2COP(=O)(O)O[C@H]2C[C@H](n3ccc(N)nc3=O)O[C@@H]2COP(=O)(O)OC(CCCCCNC(=S)Nc2ccc(-c3c4ccc(=O)cc-4oc4cc(O)ccc34)c(C(=O)O)c2)COC(c2ccccc2)(c2ccc(OC)cc2)c2ccc(OC)cc2)cc1. The predicted octanol–water partition coefficient (Wildman–Crippen LogP) is 9.20. The van der Waals surface area contributed by atoms with Gasteiger partial charge < -0.3 is 90.3 Å². The standard InChI is InChI=1S/C80H86N12O22P2S/c1-90(2)73-71-74(85-44-84-73)92(45-86-71)76-72(95)70(89-75(96)61(81)36-46-15-24-53(104-3)25-16-46)66(112-76)43-109-116(102,103)114-64-40-68(91-35-33-67(82)88-79(91)99)111-65(64)42-108-115(100,101)113-56(41-107-80(47-12-8-6-9-13-47,48-17-26-54(105-4)27-18-48)49-19-28-55(106-5)29-20-49)14-10-7-11-34-83-78(117)87-50-21-30-57(60(37-50)77(97)98)69-58-31-22-51(93)38-62(58)110-63-39-52(94)23-32-59(63)69/h6,8-9,12-13,15-33,35,37-39,44-45,56,61,64-66,68,70,72,76,93,95H,7,10-11,14,34,36,40-43,81H2,1-5H3,(H,89,96)(H,97,98)(H,100,101)(H,102,103)(H2,82,88,99)(H2,83,87,117)/t56?,61-,64-,65+,66+,68+,70+,72+,76+/m0/s1. The highest BCUT2D eigenvalue weighted by molar-refractivity contribution is 7.80. The summed E-state index contributed by atoms with van der Waals surface area (Å²) in [6.07, 6.45) is -5.16. The zero-order chi connectivity index (χ0) is 82.9. The first-order valence-corrected chi connectivity index (χ1v) is 40.4. The lowest BCUT2D eigenvalue weighted by atomic mass is 9.80. The maximum Gasteiger partial charge on any atom is 0.472 e. The Kier molecular flexibility index (Phi) is 26.2. The van der Waals surface area contributed by atoms with E-state index in [-0.39, 0.29) is 64.1 Å². The van der Waals surface area contributed by atoms with Gasteiger partial charge >= 0.3 is 27.3 Å². The van der Waals surface area contributed by atoms with Crippen molar-refractivity contribution in [1.82, 2.24) is 39.7 Å². The molecule has 0 bridgehead atoms. The Morgan fingerprint density at radius 3 is 2.10 bits per heavy atom. The normalized spacial score (nSPS) is 19.0. The van der Waals surface area contributed by atoms with Crippen molar-refractivity contribution in [3.63, 3.8) is 0 Å². The number of phosphoric acid groups is 2.